The molecule has 0 saturated carbocycles. The van der Waals surface area contributed by atoms with Crippen LogP contribution in [-0.4, -0.2) is 14.2 Å². The van der Waals surface area contributed by atoms with Gasteiger partial charge in [0, 0.05) is 14.9 Å². The van der Waals surface area contributed by atoms with Crippen molar-refractivity contribution in [3.63, 3.8) is 0 Å². The van der Waals surface area contributed by atoms with Crippen molar-refractivity contribution in [3.05, 3.63) is 56.5 Å². The Morgan fingerprint density at radius 2 is 1.71 bits per heavy atom. The topological polar surface area (TPSA) is 18.5 Å². The van der Waals surface area contributed by atoms with Crippen LogP contribution in [0.1, 0.15) is 16.0 Å². The predicted octanol–water partition coefficient (Wildman–Crippen LogP) is 5.91. The molecule has 0 aromatic heterocycles. The Kier molecular flexibility index (Phi) is 6.14. The fourth-order valence-electron chi connectivity index (χ4n) is 2.11. The highest BCUT2D eigenvalue weighted by Crippen LogP contribution is 2.40. The number of benzene rings is 2. The second-order valence-electron chi connectivity index (χ2n) is 4.53. The molecule has 5 heteroatoms. The first-order valence-corrected chi connectivity index (χ1v) is 8.85. The molecule has 21 heavy (non-hydrogen) atoms. The highest BCUT2D eigenvalue weighted by Gasteiger charge is 2.17. The third kappa shape index (κ3) is 4.24. The lowest BCUT2D eigenvalue weighted by atomic mass is 10.0. The third-order valence-corrected chi connectivity index (χ3v) is 5.08. The molecule has 2 nitrogen and oxygen atoms in total. The number of alkyl halides is 1. The lowest BCUT2D eigenvalue weighted by Crippen LogP contribution is -2.00. The van der Waals surface area contributed by atoms with Gasteiger partial charge in [0.15, 0.2) is 0 Å². The Morgan fingerprint density at radius 1 is 1.00 bits per heavy atom. The smallest absolute Gasteiger partial charge is 0.133 e. The van der Waals surface area contributed by atoms with Crippen LogP contribution in [-0.2, 0) is 6.42 Å². The zero-order valence-electron chi connectivity index (χ0n) is 11.7. The highest BCUT2D eigenvalue weighted by atomic mass is 79.9. The average molecular weight is 479 g/mol. The Labute approximate surface area is 150 Å². The SMILES string of the molecule is COc1cc(C(Br)Cc2cccc(Br)c2)c(OC)cc1Br. The molecular weight excluding hydrogens is 464 g/mol. The van der Waals surface area contributed by atoms with Crippen molar-refractivity contribution >= 4 is 47.8 Å². The van der Waals surface area contributed by atoms with E-state index in [-0.39, 0.29) is 4.83 Å². The molecule has 0 amide bonds. The molecule has 0 aliphatic rings. The molecule has 0 radical (unpaired) electrons. The van der Waals surface area contributed by atoms with Gasteiger partial charge in [-0.05, 0) is 52.2 Å². The van der Waals surface area contributed by atoms with Crippen LogP contribution in [0, 0.1) is 0 Å². The van der Waals surface area contributed by atoms with Crippen molar-refractivity contribution < 1.29 is 9.47 Å². The Hall–Kier alpha value is -0.520. The lowest BCUT2D eigenvalue weighted by molar-refractivity contribution is 0.396. The standard InChI is InChI=1S/C16H15Br3O2/c1-20-15-9-14(19)16(21-2)8-12(15)13(18)7-10-4-3-5-11(17)6-10/h3-6,8-9,13H,7H2,1-2H3. The zero-order chi connectivity index (χ0) is 15.4. The zero-order valence-corrected chi connectivity index (χ0v) is 16.5. The van der Waals surface area contributed by atoms with E-state index < -0.39 is 0 Å². The number of ether oxygens (including phenoxy) is 2. The van der Waals surface area contributed by atoms with Gasteiger partial charge < -0.3 is 9.47 Å². The van der Waals surface area contributed by atoms with Crippen LogP contribution in [0.15, 0.2) is 45.3 Å². The molecule has 2 rings (SSSR count). The predicted molar refractivity (Wildman–Crippen MR) is 96.8 cm³/mol. The molecule has 2 aromatic carbocycles. The summed E-state index contributed by atoms with van der Waals surface area (Å²) < 4.78 is 12.8. The van der Waals surface area contributed by atoms with Crippen LogP contribution in [0.2, 0.25) is 0 Å². The van der Waals surface area contributed by atoms with Crippen molar-refractivity contribution in [2.45, 2.75) is 11.2 Å². The van der Waals surface area contributed by atoms with E-state index >= 15 is 0 Å². The fourth-order valence-corrected chi connectivity index (χ4v) is 3.77. The number of rotatable bonds is 5. The van der Waals surface area contributed by atoms with Gasteiger partial charge in [0.25, 0.3) is 0 Å². The van der Waals surface area contributed by atoms with Crippen LogP contribution in [0.3, 0.4) is 0 Å². The Bertz CT molecular complexity index is 629. The molecule has 2 aromatic rings. The highest BCUT2D eigenvalue weighted by molar-refractivity contribution is 9.11. The van der Waals surface area contributed by atoms with E-state index in [1.54, 1.807) is 14.2 Å². The molecule has 0 bridgehead atoms. The van der Waals surface area contributed by atoms with Crippen molar-refractivity contribution in [2.24, 2.45) is 0 Å². The van der Waals surface area contributed by atoms with Crippen LogP contribution in [0.5, 0.6) is 11.5 Å². The summed E-state index contributed by atoms with van der Waals surface area (Å²) in [4.78, 5) is 0.142. The minimum Gasteiger partial charge on any atom is -0.496 e. The van der Waals surface area contributed by atoms with E-state index in [4.69, 9.17) is 9.47 Å². The summed E-state index contributed by atoms with van der Waals surface area (Å²) in [5, 5.41) is 0. The van der Waals surface area contributed by atoms with Gasteiger partial charge in [0.2, 0.25) is 0 Å². The summed E-state index contributed by atoms with van der Waals surface area (Å²) in [6.07, 6.45) is 0.862. The van der Waals surface area contributed by atoms with Crippen LogP contribution in [0.4, 0.5) is 0 Å². The van der Waals surface area contributed by atoms with Gasteiger partial charge in [0.05, 0.1) is 18.7 Å². The molecule has 0 saturated heterocycles. The largest absolute Gasteiger partial charge is 0.496 e. The summed E-state index contributed by atoms with van der Waals surface area (Å²) in [6, 6.07) is 12.2. The Morgan fingerprint density at radius 3 is 2.33 bits per heavy atom. The maximum atomic E-state index is 5.48. The van der Waals surface area contributed by atoms with Crippen LogP contribution in [0.25, 0.3) is 0 Å². The molecule has 0 aliphatic heterocycles. The van der Waals surface area contributed by atoms with Crippen molar-refractivity contribution in [1.82, 2.24) is 0 Å². The van der Waals surface area contributed by atoms with Crippen molar-refractivity contribution in [1.29, 1.82) is 0 Å². The summed E-state index contributed by atoms with van der Waals surface area (Å²) in [6.45, 7) is 0. The van der Waals surface area contributed by atoms with Gasteiger partial charge in [-0.15, -0.1) is 0 Å². The van der Waals surface area contributed by atoms with E-state index in [1.807, 2.05) is 24.3 Å². The normalized spacial score (nSPS) is 12.0. The number of halogens is 3. The third-order valence-electron chi connectivity index (χ3n) is 3.15. The Balaban J connectivity index is 2.31. The van der Waals surface area contributed by atoms with Gasteiger partial charge in [-0.3, -0.25) is 0 Å². The summed E-state index contributed by atoms with van der Waals surface area (Å²) in [7, 11) is 3.34. The molecule has 0 N–H and O–H groups in total. The van der Waals surface area contributed by atoms with E-state index in [0.717, 1.165) is 32.4 Å². The first-order chi connectivity index (χ1) is 10.0. The molecular formula is C16H15Br3O2. The van der Waals surface area contributed by atoms with E-state index in [1.165, 1.54) is 5.56 Å². The fraction of sp³-hybridized carbons (Fsp3) is 0.250. The second kappa shape index (κ2) is 7.65. The average Bonchev–Trinajstić information content (AvgIpc) is 2.46. The first kappa shape index (κ1) is 16.8. The van der Waals surface area contributed by atoms with E-state index in [0.29, 0.717) is 0 Å². The van der Waals surface area contributed by atoms with E-state index in [2.05, 4.69) is 59.9 Å². The second-order valence-corrected chi connectivity index (χ2v) is 7.41. The monoisotopic (exact) mass is 476 g/mol. The quantitative estimate of drug-likeness (QED) is 0.497. The first-order valence-electron chi connectivity index (χ1n) is 6.35. The molecule has 0 aliphatic carbocycles. The van der Waals surface area contributed by atoms with Crippen molar-refractivity contribution in [2.75, 3.05) is 14.2 Å². The summed E-state index contributed by atoms with van der Waals surface area (Å²) in [5.41, 5.74) is 2.31. The van der Waals surface area contributed by atoms with Gasteiger partial charge in [-0.1, -0.05) is 44.0 Å². The minimum absolute atomic E-state index is 0.142. The maximum Gasteiger partial charge on any atom is 0.133 e. The van der Waals surface area contributed by atoms with Gasteiger partial charge >= 0.3 is 0 Å². The number of methoxy groups -OCH3 is 2. The van der Waals surface area contributed by atoms with Gasteiger partial charge in [-0.2, -0.15) is 0 Å². The number of hydrogen-bond acceptors (Lipinski definition) is 2. The molecule has 1 atom stereocenters. The number of hydrogen-bond donors (Lipinski definition) is 0. The lowest BCUT2D eigenvalue weighted by Gasteiger charge is -2.17. The minimum atomic E-state index is 0.142. The molecule has 0 fully saturated rings. The summed E-state index contributed by atoms with van der Waals surface area (Å²) in [5.74, 6) is 1.63. The molecule has 0 spiro atoms. The van der Waals surface area contributed by atoms with Gasteiger partial charge in [0.1, 0.15) is 11.5 Å². The van der Waals surface area contributed by atoms with Crippen molar-refractivity contribution in [3.8, 4) is 11.5 Å². The van der Waals surface area contributed by atoms with E-state index in [9.17, 15) is 0 Å². The molecule has 0 heterocycles. The summed E-state index contributed by atoms with van der Waals surface area (Å²) >= 11 is 10.7. The maximum absolute atomic E-state index is 5.48. The van der Waals surface area contributed by atoms with Gasteiger partial charge in [-0.25, -0.2) is 0 Å². The molecule has 112 valence electrons. The van der Waals surface area contributed by atoms with Crippen LogP contribution < -0.4 is 9.47 Å². The van der Waals surface area contributed by atoms with Crippen LogP contribution >= 0.6 is 47.8 Å². The molecule has 1 unspecified atom stereocenters.